The number of hydrogen-bond donors (Lipinski definition) is 1. The first kappa shape index (κ1) is 16.8. The van der Waals surface area contributed by atoms with Crippen LogP contribution in [0, 0.1) is 30.6 Å². The molecule has 5 aliphatic rings. The Labute approximate surface area is 156 Å². The quantitative estimate of drug-likeness (QED) is 0.882. The van der Waals surface area contributed by atoms with E-state index >= 15 is 0 Å². The first-order chi connectivity index (χ1) is 12.7. The summed E-state index contributed by atoms with van der Waals surface area (Å²) in [5, 5.41) is 3.48. The molecule has 5 nitrogen and oxygen atoms in total. The minimum Gasteiger partial charge on any atom is -0.352 e. The molecule has 4 saturated carbocycles. The number of aryl methyl sites for hydroxylation is 1. The van der Waals surface area contributed by atoms with Gasteiger partial charge in [-0.2, -0.15) is 0 Å². The molecule has 1 aromatic rings. The van der Waals surface area contributed by atoms with Gasteiger partial charge >= 0.3 is 0 Å². The number of nitrogens with one attached hydrogen (secondary N) is 1. The van der Waals surface area contributed by atoms with Gasteiger partial charge in [0.1, 0.15) is 5.82 Å². The van der Waals surface area contributed by atoms with Crippen molar-refractivity contribution in [3.8, 4) is 0 Å². The van der Waals surface area contributed by atoms with Crippen LogP contribution in [-0.2, 0) is 11.3 Å². The van der Waals surface area contributed by atoms with Crippen molar-refractivity contribution in [2.75, 3.05) is 13.1 Å². The van der Waals surface area contributed by atoms with E-state index in [-0.39, 0.29) is 5.91 Å². The van der Waals surface area contributed by atoms with E-state index in [0.717, 1.165) is 42.6 Å². The predicted octanol–water partition coefficient (Wildman–Crippen LogP) is 2.60. The Kier molecular flexibility index (Phi) is 4.30. The molecule has 5 heteroatoms. The Balaban J connectivity index is 1.18. The molecule has 26 heavy (non-hydrogen) atoms. The van der Waals surface area contributed by atoms with Crippen LogP contribution in [0.15, 0.2) is 12.4 Å². The van der Waals surface area contributed by atoms with Crippen LogP contribution >= 0.6 is 0 Å². The van der Waals surface area contributed by atoms with Crippen molar-refractivity contribution in [1.29, 1.82) is 0 Å². The van der Waals surface area contributed by atoms with Gasteiger partial charge in [0.2, 0.25) is 5.91 Å². The molecular formula is C21H32N4O. The molecule has 4 bridgehead atoms. The maximum absolute atomic E-state index is 12.8. The molecule has 0 spiro atoms. The van der Waals surface area contributed by atoms with Gasteiger partial charge < -0.3 is 9.88 Å². The third-order valence-corrected chi connectivity index (χ3v) is 7.73. The molecule has 142 valence electrons. The van der Waals surface area contributed by atoms with Gasteiger partial charge in [0.25, 0.3) is 0 Å². The number of nitrogens with zero attached hydrogens (tertiary/aromatic N) is 3. The summed E-state index contributed by atoms with van der Waals surface area (Å²) in [5.74, 6) is 4.78. The SMILES string of the molecule is Cc1nccn1CC1CCCN1CC(=O)NC1C2CC3CC(C2)CC1C3. The Morgan fingerprint density at radius 2 is 1.92 bits per heavy atom. The number of hydrogen-bond acceptors (Lipinski definition) is 3. The fourth-order valence-corrected chi connectivity index (χ4v) is 6.71. The lowest BCUT2D eigenvalue weighted by Crippen LogP contribution is -2.57. The molecule has 4 aliphatic carbocycles. The van der Waals surface area contributed by atoms with Crippen LogP contribution in [0.3, 0.4) is 0 Å². The molecule has 0 aromatic carbocycles. The first-order valence-corrected chi connectivity index (χ1v) is 10.7. The lowest BCUT2D eigenvalue weighted by molar-refractivity contribution is -0.126. The lowest BCUT2D eigenvalue weighted by Gasteiger charge is -2.54. The number of carbonyl (C=O) groups excluding carboxylic acids is 1. The van der Waals surface area contributed by atoms with E-state index in [4.69, 9.17) is 0 Å². The maximum Gasteiger partial charge on any atom is 0.234 e. The van der Waals surface area contributed by atoms with Gasteiger partial charge in [-0.3, -0.25) is 9.69 Å². The van der Waals surface area contributed by atoms with Gasteiger partial charge in [0.05, 0.1) is 6.54 Å². The van der Waals surface area contributed by atoms with E-state index < -0.39 is 0 Å². The number of likely N-dealkylation sites (tertiary alicyclic amines) is 1. The second-order valence-electron chi connectivity index (χ2n) is 9.42. The average Bonchev–Trinajstić information content (AvgIpc) is 3.20. The third kappa shape index (κ3) is 3.08. The molecule has 1 unspecified atom stereocenters. The standard InChI is InChI=1S/C21H32N4O/c1-14-22-4-6-24(14)12-19-3-2-5-25(19)13-20(26)23-21-17-8-15-7-16(10-17)11-18(21)9-15/h4,6,15-19,21H,2-3,5,7-13H2,1H3,(H,23,26). The summed E-state index contributed by atoms with van der Waals surface area (Å²) in [4.78, 5) is 19.6. The molecule has 0 radical (unpaired) electrons. The molecule has 6 rings (SSSR count). The van der Waals surface area contributed by atoms with Crippen molar-refractivity contribution >= 4 is 5.91 Å². The van der Waals surface area contributed by atoms with Crippen LogP contribution in [0.2, 0.25) is 0 Å². The number of rotatable bonds is 5. The zero-order chi connectivity index (χ0) is 17.7. The molecule has 1 saturated heterocycles. The second kappa shape index (κ2) is 6.66. The summed E-state index contributed by atoms with van der Waals surface area (Å²) < 4.78 is 2.22. The van der Waals surface area contributed by atoms with Crippen molar-refractivity contribution < 1.29 is 4.79 Å². The zero-order valence-electron chi connectivity index (χ0n) is 15.9. The van der Waals surface area contributed by atoms with Crippen LogP contribution < -0.4 is 5.32 Å². The highest BCUT2D eigenvalue weighted by Crippen LogP contribution is 2.53. The van der Waals surface area contributed by atoms with Gasteiger partial charge in [0, 0.05) is 31.0 Å². The fraction of sp³-hybridized carbons (Fsp3) is 0.810. The van der Waals surface area contributed by atoms with Gasteiger partial charge in [-0.1, -0.05) is 0 Å². The topological polar surface area (TPSA) is 50.2 Å². The van der Waals surface area contributed by atoms with Crippen LogP contribution in [-0.4, -0.2) is 45.5 Å². The fourth-order valence-electron chi connectivity index (χ4n) is 6.71. The summed E-state index contributed by atoms with van der Waals surface area (Å²) in [6, 6.07) is 0.930. The predicted molar refractivity (Wildman–Crippen MR) is 101 cm³/mol. The molecular weight excluding hydrogens is 324 g/mol. The normalized spacial score (nSPS) is 38.8. The number of amides is 1. The Bertz CT molecular complexity index is 641. The van der Waals surface area contributed by atoms with E-state index in [0.29, 0.717) is 18.6 Å². The van der Waals surface area contributed by atoms with E-state index in [1.165, 1.54) is 44.9 Å². The molecule has 1 N–H and O–H groups in total. The van der Waals surface area contributed by atoms with Crippen molar-refractivity contribution in [2.45, 2.75) is 70.5 Å². The van der Waals surface area contributed by atoms with Gasteiger partial charge in [-0.15, -0.1) is 0 Å². The minimum atomic E-state index is 0.261. The smallest absolute Gasteiger partial charge is 0.234 e. The highest BCUT2D eigenvalue weighted by molar-refractivity contribution is 5.78. The van der Waals surface area contributed by atoms with Crippen LogP contribution in [0.4, 0.5) is 0 Å². The van der Waals surface area contributed by atoms with E-state index in [2.05, 4.69) is 32.9 Å². The van der Waals surface area contributed by atoms with Gasteiger partial charge in [-0.25, -0.2) is 4.98 Å². The van der Waals surface area contributed by atoms with Crippen LogP contribution in [0.25, 0.3) is 0 Å². The molecule has 1 aromatic heterocycles. The Morgan fingerprint density at radius 3 is 2.58 bits per heavy atom. The molecule has 2 heterocycles. The van der Waals surface area contributed by atoms with E-state index in [1.54, 1.807) is 0 Å². The van der Waals surface area contributed by atoms with Crippen molar-refractivity contribution in [3.63, 3.8) is 0 Å². The number of aromatic nitrogens is 2. The third-order valence-electron chi connectivity index (χ3n) is 7.73. The maximum atomic E-state index is 12.8. The highest BCUT2D eigenvalue weighted by atomic mass is 16.2. The first-order valence-electron chi connectivity index (χ1n) is 10.7. The van der Waals surface area contributed by atoms with Gasteiger partial charge in [-0.05, 0) is 82.1 Å². The van der Waals surface area contributed by atoms with Crippen LogP contribution in [0.1, 0.15) is 50.8 Å². The summed E-state index contributed by atoms with van der Waals surface area (Å²) in [6.45, 7) is 4.63. The minimum absolute atomic E-state index is 0.261. The monoisotopic (exact) mass is 356 g/mol. The summed E-state index contributed by atoms with van der Waals surface area (Å²) in [5.41, 5.74) is 0. The van der Waals surface area contributed by atoms with Crippen LogP contribution in [0.5, 0.6) is 0 Å². The van der Waals surface area contributed by atoms with Crippen molar-refractivity contribution in [3.05, 3.63) is 18.2 Å². The summed E-state index contributed by atoms with van der Waals surface area (Å²) >= 11 is 0. The lowest BCUT2D eigenvalue weighted by atomic mass is 9.54. The zero-order valence-corrected chi connectivity index (χ0v) is 15.9. The Morgan fingerprint density at radius 1 is 1.19 bits per heavy atom. The van der Waals surface area contributed by atoms with Gasteiger partial charge in [0.15, 0.2) is 0 Å². The molecule has 5 fully saturated rings. The van der Waals surface area contributed by atoms with Crippen molar-refractivity contribution in [1.82, 2.24) is 19.8 Å². The second-order valence-corrected chi connectivity index (χ2v) is 9.42. The summed E-state index contributed by atoms with van der Waals surface area (Å²) in [7, 11) is 0. The summed E-state index contributed by atoms with van der Waals surface area (Å²) in [6.07, 6.45) is 13.2. The van der Waals surface area contributed by atoms with E-state index in [9.17, 15) is 4.79 Å². The molecule has 1 amide bonds. The highest BCUT2D eigenvalue weighted by Gasteiger charge is 2.48. The Hall–Kier alpha value is -1.36. The van der Waals surface area contributed by atoms with E-state index in [1.807, 2.05) is 6.20 Å². The number of carbonyl (C=O) groups is 1. The molecule has 1 aliphatic heterocycles. The molecule has 1 atom stereocenters. The van der Waals surface area contributed by atoms with Crippen molar-refractivity contribution in [2.24, 2.45) is 23.7 Å². The average molecular weight is 357 g/mol. The largest absolute Gasteiger partial charge is 0.352 e. The number of imidazole rings is 1.